The number of nitrogens with zero attached hydrogens (tertiary/aromatic N) is 3. The lowest BCUT2D eigenvalue weighted by atomic mass is 10.2. The molecule has 2 amide bonds. The Kier molecular flexibility index (Phi) is 5.48. The van der Waals surface area contributed by atoms with Gasteiger partial charge in [-0.05, 0) is 52.2 Å². The van der Waals surface area contributed by atoms with Crippen LogP contribution in [-0.4, -0.2) is 47.0 Å². The third kappa shape index (κ3) is 4.33. The van der Waals surface area contributed by atoms with Crippen LogP contribution in [0.25, 0.3) is 0 Å². The van der Waals surface area contributed by atoms with Gasteiger partial charge in [-0.25, -0.2) is 4.79 Å². The number of nitrogens with one attached hydrogen (secondary N) is 1. The van der Waals surface area contributed by atoms with Gasteiger partial charge in [0, 0.05) is 49.6 Å². The summed E-state index contributed by atoms with van der Waals surface area (Å²) in [5, 5.41) is 2.98. The molecule has 3 rings (SSSR count). The molecule has 0 saturated carbocycles. The molecule has 1 aliphatic heterocycles. The average Bonchev–Trinajstić information content (AvgIpc) is 2.59. The van der Waals surface area contributed by atoms with Gasteiger partial charge in [0.2, 0.25) is 0 Å². The van der Waals surface area contributed by atoms with E-state index in [-0.39, 0.29) is 6.03 Å². The van der Waals surface area contributed by atoms with E-state index in [9.17, 15) is 4.79 Å². The Morgan fingerprint density at radius 2 is 2.04 bits per heavy atom. The Hall–Kier alpha value is -1.92. The first kappa shape index (κ1) is 16.9. The van der Waals surface area contributed by atoms with Gasteiger partial charge in [-0.3, -0.25) is 9.88 Å². The van der Waals surface area contributed by atoms with Crippen molar-refractivity contribution in [3.63, 3.8) is 0 Å². The molecule has 0 unspecified atom stereocenters. The lowest BCUT2D eigenvalue weighted by Gasteiger charge is -2.34. The van der Waals surface area contributed by atoms with Crippen LogP contribution in [0, 0.1) is 6.92 Å². The smallest absolute Gasteiger partial charge is 0.321 e. The molecule has 0 aliphatic carbocycles. The van der Waals surface area contributed by atoms with Gasteiger partial charge < -0.3 is 10.2 Å². The summed E-state index contributed by atoms with van der Waals surface area (Å²) in [6.45, 7) is 6.12. The van der Waals surface area contributed by atoms with E-state index in [4.69, 9.17) is 0 Å². The largest absolute Gasteiger partial charge is 0.322 e. The van der Waals surface area contributed by atoms with Crippen molar-refractivity contribution in [1.29, 1.82) is 0 Å². The maximum absolute atomic E-state index is 12.4. The fourth-order valence-corrected chi connectivity index (χ4v) is 3.37. The third-order valence-corrected chi connectivity index (χ3v) is 4.81. The van der Waals surface area contributed by atoms with E-state index < -0.39 is 0 Å². The minimum atomic E-state index is -0.0411. The summed E-state index contributed by atoms with van der Waals surface area (Å²) in [5.74, 6) is 0. The first-order chi connectivity index (χ1) is 11.6. The minimum absolute atomic E-state index is 0.0411. The van der Waals surface area contributed by atoms with E-state index in [1.807, 2.05) is 42.3 Å². The van der Waals surface area contributed by atoms with Crippen LogP contribution in [0.3, 0.4) is 0 Å². The molecule has 1 aromatic carbocycles. The molecule has 1 aliphatic rings. The van der Waals surface area contributed by atoms with Gasteiger partial charge in [0.1, 0.15) is 0 Å². The number of urea groups is 1. The summed E-state index contributed by atoms with van der Waals surface area (Å²) >= 11 is 3.50. The van der Waals surface area contributed by atoms with Crippen LogP contribution >= 0.6 is 15.9 Å². The first-order valence-corrected chi connectivity index (χ1v) is 8.84. The number of piperazine rings is 1. The van der Waals surface area contributed by atoms with Crippen molar-refractivity contribution in [2.45, 2.75) is 13.5 Å². The Labute approximate surface area is 150 Å². The van der Waals surface area contributed by atoms with Gasteiger partial charge in [0.15, 0.2) is 0 Å². The normalized spacial score (nSPS) is 15.3. The standard InChI is InChI=1S/C18H21BrN4O/c1-14-4-5-17(16(19)11-14)21-18(24)23-9-7-22(8-10-23)13-15-3-2-6-20-12-15/h2-6,11-12H,7-10,13H2,1H3,(H,21,24). The number of benzene rings is 1. The number of amides is 2. The maximum Gasteiger partial charge on any atom is 0.321 e. The number of hydrogen-bond donors (Lipinski definition) is 1. The monoisotopic (exact) mass is 388 g/mol. The quantitative estimate of drug-likeness (QED) is 0.874. The molecule has 24 heavy (non-hydrogen) atoms. The number of carbonyl (C=O) groups excluding carboxylic acids is 1. The molecular weight excluding hydrogens is 368 g/mol. The molecule has 0 atom stereocenters. The first-order valence-electron chi connectivity index (χ1n) is 8.05. The SMILES string of the molecule is Cc1ccc(NC(=O)N2CCN(Cc3cccnc3)CC2)c(Br)c1. The van der Waals surface area contributed by atoms with Gasteiger partial charge >= 0.3 is 6.03 Å². The zero-order valence-electron chi connectivity index (χ0n) is 13.7. The van der Waals surface area contributed by atoms with Crippen LogP contribution in [0.4, 0.5) is 10.5 Å². The summed E-state index contributed by atoms with van der Waals surface area (Å²) in [4.78, 5) is 20.8. The maximum atomic E-state index is 12.4. The van der Waals surface area contributed by atoms with E-state index in [2.05, 4.69) is 37.2 Å². The predicted molar refractivity (Wildman–Crippen MR) is 99.0 cm³/mol. The zero-order valence-corrected chi connectivity index (χ0v) is 15.3. The summed E-state index contributed by atoms with van der Waals surface area (Å²) < 4.78 is 0.908. The highest BCUT2D eigenvalue weighted by atomic mass is 79.9. The van der Waals surface area contributed by atoms with E-state index in [1.54, 1.807) is 6.20 Å². The van der Waals surface area contributed by atoms with Crippen molar-refractivity contribution in [3.05, 3.63) is 58.3 Å². The third-order valence-electron chi connectivity index (χ3n) is 4.15. The van der Waals surface area contributed by atoms with Crippen LogP contribution in [0.2, 0.25) is 0 Å². The van der Waals surface area contributed by atoms with Gasteiger partial charge in [-0.2, -0.15) is 0 Å². The lowest BCUT2D eigenvalue weighted by molar-refractivity contribution is 0.143. The lowest BCUT2D eigenvalue weighted by Crippen LogP contribution is -2.49. The van der Waals surface area contributed by atoms with Crippen LogP contribution in [0.15, 0.2) is 47.2 Å². The number of aromatic nitrogens is 1. The van der Waals surface area contributed by atoms with Gasteiger partial charge in [-0.1, -0.05) is 12.1 Å². The number of halogens is 1. The highest BCUT2D eigenvalue weighted by Crippen LogP contribution is 2.23. The van der Waals surface area contributed by atoms with Gasteiger partial charge in [0.25, 0.3) is 0 Å². The number of hydrogen-bond acceptors (Lipinski definition) is 3. The summed E-state index contributed by atoms with van der Waals surface area (Å²) in [7, 11) is 0. The Morgan fingerprint density at radius 3 is 2.71 bits per heavy atom. The van der Waals surface area contributed by atoms with Crippen molar-refractivity contribution in [2.24, 2.45) is 0 Å². The molecule has 6 heteroatoms. The van der Waals surface area contributed by atoms with Crippen LogP contribution in [0.5, 0.6) is 0 Å². The Morgan fingerprint density at radius 1 is 1.25 bits per heavy atom. The predicted octanol–water partition coefficient (Wildman–Crippen LogP) is 3.50. The van der Waals surface area contributed by atoms with Crippen LogP contribution in [-0.2, 0) is 6.54 Å². The molecular formula is C18H21BrN4O. The highest BCUT2D eigenvalue weighted by molar-refractivity contribution is 9.10. The molecule has 1 aromatic heterocycles. The van der Waals surface area contributed by atoms with Crippen molar-refractivity contribution >= 4 is 27.6 Å². The van der Waals surface area contributed by atoms with Crippen LogP contribution in [0.1, 0.15) is 11.1 Å². The molecule has 1 saturated heterocycles. The zero-order chi connectivity index (χ0) is 16.9. The number of aryl methyl sites for hydroxylation is 1. The van der Waals surface area contributed by atoms with Crippen molar-refractivity contribution in [1.82, 2.24) is 14.8 Å². The highest BCUT2D eigenvalue weighted by Gasteiger charge is 2.21. The van der Waals surface area contributed by atoms with Crippen molar-refractivity contribution < 1.29 is 4.79 Å². The minimum Gasteiger partial charge on any atom is -0.322 e. The molecule has 2 aromatic rings. The van der Waals surface area contributed by atoms with Crippen LogP contribution < -0.4 is 5.32 Å². The van der Waals surface area contributed by atoms with E-state index in [0.29, 0.717) is 0 Å². The van der Waals surface area contributed by atoms with E-state index >= 15 is 0 Å². The van der Waals surface area contributed by atoms with Gasteiger partial charge in [0.05, 0.1) is 5.69 Å². The van der Waals surface area contributed by atoms with E-state index in [1.165, 1.54) is 5.56 Å². The molecule has 0 radical (unpaired) electrons. The molecule has 0 spiro atoms. The summed E-state index contributed by atoms with van der Waals surface area (Å²) in [6.07, 6.45) is 3.68. The van der Waals surface area contributed by atoms with E-state index in [0.717, 1.165) is 48.4 Å². The molecule has 2 heterocycles. The number of rotatable bonds is 3. The molecule has 126 valence electrons. The second kappa shape index (κ2) is 7.77. The number of carbonyl (C=O) groups is 1. The number of anilines is 1. The van der Waals surface area contributed by atoms with Crippen molar-refractivity contribution in [2.75, 3.05) is 31.5 Å². The second-order valence-electron chi connectivity index (χ2n) is 6.04. The Bertz CT molecular complexity index is 699. The molecule has 0 bridgehead atoms. The number of pyridine rings is 1. The van der Waals surface area contributed by atoms with Gasteiger partial charge in [-0.15, -0.1) is 0 Å². The average molecular weight is 389 g/mol. The molecule has 1 N–H and O–H groups in total. The summed E-state index contributed by atoms with van der Waals surface area (Å²) in [5.41, 5.74) is 3.17. The fourth-order valence-electron chi connectivity index (χ4n) is 2.77. The second-order valence-corrected chi connectivity index (χ2v) is 6.89. The topological polar surface area (TPSA) is 48.5 Å². The van der Waals surface area contributed by atoms with Crippen molar-refractivity contribution in [3.8, 4) is 0 Å². The molecule has 1 fully saturated rings. The molecule has 5 nitrogen and oxygen atoms in total. The fraction of sp³-hybridized carbons (Fsp3) is 0.333. The Balaban J connectivity index is 1.51. The summed E-state index contributed by atoms with van der Waals surface area (Å²) in [6, 6.07) is 9.92.